The summed E-state index contributed by atoms with van der Waals surface area (Å²) in [7, 11) is 0. The molecule has 0 aromatic heterocycles. The highest BCUT2D eigenvalue weighted by Gasteiger charge is 2.13. The van der Waals surface area contributed by atoms with Crippen molar-refractivity contribution in [3.63, 3.8) is 0 Å². The van der Waals surface area contributed by atoms with Gasteiger partial charge in [0, 0.05) is 6.07 Å². The van der Waals surface area contributed by atoms with E-state index >= 15 is 0 Å². The third-order valence-electron chi connectivity index (χ3n) is 1.83. The number of aliphatic hydroxyl groups is 1. The van der Waals surface area contributed by atoms with E-state index in [1.54, 1.807) is 6.92 Å². The van der Waals surface area contributed by atoms with Gasteiger partial charge in [-0.25, -0.2) is 0 Å². The van der Waals surface area contributed by atoms with Crippen molar-refractivity contribution in [1.29, 1.82) is 0 Å². The first-order valence-corrected chi connectivity index (χ1v) is 3.97. The van der Waals surface area contributed by atoms with Crippen LogP contribution >= 0.6 is 0 Å². The predicted molar refractivity (Wildman–Crippen MR) is 48.4 cm³/mol. The van der Waals surface area contributed by atoms with Crippen LogP contribution in [0.1, 0.15) is 18.5 Å². The average molecular weight is 183 g/mol. The summed E-state index contributed by atoms with van der Waals surface area (Å²) >= 11 is 0. The fraction of sp³-hybridized carbons (Fsp3) is 0.333. The van der Waals surface area contributed by atoms with Gasteiger partial charge in [-0.1, -0.05) is 0 Å². The summed E-state index contributed by atoms with van der Waals surface area (Å²) in [5.74, 6) is -0.128. The minimum absolute atomic E-state index is 0.0638. The molecule has 0 bridgehead atoms. The molecule has 0 aliphatic carbocycles. The summed E-state index contributed by atoms with van der Waals surface area (Å²) in [6.07, 6.45) is -0.721. The van der Waals surface area contributed by atoms with Crippen LogP contribution in [0.15, 0.2) is 18.2 Å². The Morgan fingerprint density at radius 1 is 1.15 bits per heavy atom. The van der Waals surface area contributed by atoms with Crippen LogP contribution in [0.5, 0.6) is 11.5 Å². The Hall–Kier alpha value is -1.26. The van der Waals surface area contributed by atoms with Crippen molar-refractivity contribution in [2.75, 3.05) is 0 Å². The van der Waals surface area contributed by atoms with E-state index in [2.05, 4.69) is 0 Å². The molecule has 0 aliphatic rings. The van der Waals surface area contributed by atoms with Gasteiger partial charge in [-0.05, 0) is 24.6 Å². The quantitative estimate of drug-likeness (QED) is 0.537. The molecule has 1 rings (SSSR count). The zero-order valence-electron chi connectivity index (χ0n) is 7.31. The highest BCUT2D eigenvalue weighted by molar-refractivity contribution is 5.38. The normalized spacial score (nSPS) is 15.3. The highest BCUT2D eigenvalue weighted by Crippen LogP contribution is 2.25. The zero-order valence-corrected chi connectivity index (χ0v) is 7.31. The van der Waals surface area contributed by atoms with Crippen molar-refractivity contribution < 1.29 is 15.3 Å². The molecule has 72 valence electrons. The van der Waals surface area contributed by atoms with E-state index in [9.17, 15) is 0 Å². The molecule has 0 amide bonds. The summed E-state index contributed by atoms with van der Waals surface area (Å²) in [5.41, 5.74) is 6.11. The molecule has 0 radical (unpaired) electrons. The molecule has 2 atom stereocenters. The van der Waals surface area contributed by atoms with Crippen molar-refractivity contribution in [1.82, 2.24) is 0 Å². The fourth-order valence-corrected chi connectivity index (χ4v) is 1.09. The van der Waals surface area contributed by atoms with Crippen molar-refractivity contribution >= 4 is 0 Å². The smallest absolute Gasteiger partial charge is 0.119 e. The minimum Gasteiger partial charge on any atom is -0.508 e. The molecule has 4 nitrogen and oxygen atoms in total. The number of nitrogens with two attached hydrogens (primary N) is 1. The molecule has 4 heteroatoms. The van der Waals surface area contributed by atoms with Gasteiger partial charge in [0.25, 0.3) is 0 Å². The maximum absolute atomic E-state index is 9.17. The third-order valence-corrected chi connectivity index (χ3v) is 1.83. The second-order valence-corrected chi connectivity index (χ2v) is 3.05. The SMILES string of the molecule is C[C@H](O)[C@H](N)c1cc(O)cc(O)c1. The Kier molecular flexibility index (Phi) is 2.75. The van der Waals surface area contributed by atoms with Crippen molar-refractivity contribution in [2.24, 2.45) is 5.73 Å². The molecule has 0 unspecified atom stereocenters. The molecule has 0 saturated carbocycles. The molecule has 0 fully saturated rings. The van der Waals surface area contributed by atoms with Gasteiger partial charge in [0.2, 0.25) is 0 Å². The molecule has 1 aromatic carbocycles. The lowest BCUT2D eigenvalue weighted by Gasteiger charge is -2.15. The number of hydrogen-bond donors (Lipinski definition) is 4. The van der Waals surface area contributed by atoms with Crippen LogP contribution in [0.25, 0.3) is 0 Å². The standard InChI is InChI=1S/C9H13NO3/c1-5(11)9(10)6-2-7(12)4-8(13)3-6/h2-5,9,11-13H,10H2,1H3/t5-,9-/m0/s1. The highest BCUT2D eigenvalue weighted by atomic mass is 16.3. The number of phenolic OH excluding ortho intramolecular Hbond substituents is 2. The molecule has 1 aromatic rings. The van der Waals surface area contributed by atoms with Gasteiger partial charge < -0.3 is 21.1 Å². The fourth-order valence-electron chi connectivity index (χ4n) is 1.09. The van der Waals surface area contributed by atoms with Gasteiger partial charge in [0.05, 0.1) is 12.1 Å². The van der Waals surface area contributed by atoms with Gasteiger partial charge in [0.1, 0.15) is 11.5 Å². The lowest BCUT2D eigenvalue weighted by molar-refractivity contribution is 0.164. The second kappa shape index (κ2) is 3.64. The zero-order chi connectivity index (χ0) is 10.0. The first-order valence-electron chi connectivity index (χ1n) is 3.97. The lowest BCUT2D eigenvalue weighted by atomic mass is 10.0. The first kappa shape index (κ1) is 9.83. The number of benzene rings is 1. The van der Waals surface area contributed by atoms with E-state index in [1.165, 1.54) is 18.2 Å². The topological polar surface area (TPSA) is 86.7 Å². The van der Waals surface area contributed by atoms with Gasteiger partial charge in [-0.15, -0.1) is 0 Å². The summed E-state index contributed by atoms with van der Waals surface area (Å²) in [4.78, 5) is 0. The minimum atomic E-state index is -0.721. The Labute approximate surface area is 76.2 Å². The number of aromatic hydroxyl groups is 2. The number of hydrogen-bond acceptors (Lipinski definition) is 4. The third kappa shape index (κ3) is 2.34. The number of rotatable bonds is 2. The molecule has 0 aliphatic heterocycles. The average Bonchev–Trinajstić information content (AvgIpc) is 2.01. The monoisotopic (exact) mass is 183 g/mol. The van der Waals surface area contributed by atoms with Gasteiger partial charge >= 0.3 is 0 Å². The molecule has 5 N–H and O–H groups in total. The maximum Gasteiger partial charge on any atom is 0.119 e. The largest absolute Gasteiger partial charge is 0.508 e. The summed E-state index contributed by atoms with van der Waals surface area (Å²) in [6.45, 7) is 1.55. The van der Waals surface area contributed by atoms with Crippen LogP contribution < -0.4 is 5.73 Å². The van der Waals surface area contributed by atoms with E-state index < -0.39 is 12.1 Å². The van der Waals surface area contributed by atoms with Crippen LogP contribution in [0, 0.1) is 0 Å². The van der Waals surface area contributed by atoms with Crippen molar-refractivity contribution in [2.45, 2.75) is 19.1 Å². The van der Waals surface area contributed by atoms with Crippen molar-refractivity contribution in [3.8, 4) is 11.5 Å². The van der Waals surface area contributed by atoms with E-state index in [0.717, 1.165) is 0 Å². The van der Waals surface area contributed by atoms with Crippen LogP contribution in [-0.4, -0.2) is 21.4 Å². The van der Waals surface area contributed by atoms with E-state index in [4.69, 9.17) is 21.1 Å². The number of phenols is 2. The first-order chi connectivity index (χ1) is 6.00. The lowest BCUT2D eigenvalue weighted by Crippen LogP contribution is -2.22. The summed E-state index contributed by atoms with van der Waals surface area (Å²) < 4.78 is 0. The Bertz CT molecular complexity index is 279. The van der Waals surface area contributed by atoms with Crippen LogP contribution in [0.3, 0.4) is 0 Å². The van der Waals surface area contributed by atoms with Crippen molar-refractivity contribution in [3.05, 3.63) is 23.8 Å². The van der Waals surface area contributed by atoms with Crippen LogP contribution in [0.4, 0.5) is 0 Å². The molecule has 13 heavy (non-hydrogen) atoms. The molecule has 0 saturated heterocycles. The van der Waals surface area contributed by atoms with Gasteiger partial charge in [-0.2, -0.15) is 0 Å². The van der Waals surface area contributed by atoms with Gasteiger partial charge in [-0.3, -0.25) is 0 Å². The second-order valence-electron chi connectivity index (χ2n) is 3.05. The van der Waals surface area contributed by atoms with E-state index in [-0.39, 0.29) is 11.5 Å². The van der Waals surface area contributed by atoms with Crippen LogP contribution in [-0.2, 0) is 0 Å². The maximum atomic E-state index is 9.17. The van der Waals surface area contributed by atoms with E-state index in [0.29, 0.717) is 5.56 Å². The molecular formula is C9H13NO3. The summed E-state index contributed by atoms with van der Waals surface area (Å²) in [5, 5.41) is 27.4. The molecule has 0 heterocycles. The van der Waals surface area contributed by atoms with Crippen LogP contribution in [0.2, 0.25) is 0 Å². The number of aliphatic hydroxyl groups excluding tert-OH is 1. The van der Waals surface area contributed by atoms with E-state index in [1.807, 2.05) is 0 Å². The Balaban J connectivity index is 3.01. The predicted octanol–water partition coefficient (Wildman–Crippen LogP) is 0.478. The molecular weight excluding hydrogens is 170 g/mol. The Morgan fingerprint density at radius 3 is 2.00 bits per heavy atom. The van der Waals surface area contributed by atoms with Gasteiger partial charge in [0.15, 0.2) is 0 Å². The summed E-state index contributed by atoms with van der Waals surface area (Å²) in [6, 6.07) is 3.44. The molecule has 0 spiro atoms. The Morgan fingerprint density at radius 2 is 1.62 bits per heavy atom.